The minimum atomic E-state index is -3.06. The highest BCUT2D eigenvalue weighted by Crippen LogP contribution is 2.22. The summed E-state index contributed by atoms with van der Waals surface area (Å²) in [7, 11) is -3.06. The number of aromatic nitrogens is 2. The topological polar surface area (TPSA) is 86.2 Å². The minimum Gasteiger partial charge on any atom is -0.461 e. The molecule has 0 spiro atoms. The molecule has 0 saturated carbocycles. The smallest absolute Gasteiger partial charge is 0.316 e. The molecule has 2 heterocycles. The van der Waals surface area contributed by atoms with Crippen LogP contribution in [-0.2, 0) is 19.4 Å². The van der Waals surface area contributed by atoms with Crippen LogP contribution in [0.3, 0.4) is 0 Å². The van der Waals surface area contributed by atoms with Crippen LogP contribution >= 0.6 is 11.8 Å². The maximum atomic E-state index is 11.9. The highest BCUT2D eigenvalue weighted by atomic mass is 32.2. The van der Waals surface area contributed by atoms with Gasteiger partial charge in [0.15, 0.2) is 15.0 Å². The fourth-order valence-corrected chi connectivity index (χ4v) is 4.84. The van der Waals surface area contributed by atoms with Crippen LogP contribution in [-0.4, -0.2) is 47.7 Å². The molecular weight excluding hydrogens is 360 g/mol. The number of rotatable bonds is 5. The third kappa shape index (κ3) is 5.02. The summed E-state index contributed by atoms with van der Waals surface area (Å²) in [5, 5.41) is 0.495. The summed E-state index contributed by atoms with van der Waals surface area (Å²) in [5.74, 6) is -0.394. The molecule has 3 rings (SSSR count). The van der Waals surface area contributed by atoms with Crippen LogP contribution in [0, 0.1) is 6.92 Å². The Morgan fingerprint density at radius 1 is 1.28 bits per heavy atom. The van der Waals surface area contributed by atoms with E-state index in [1.807, 2.05) is 43.3 Å². The van der Waals surface area contributed by atoms with Crippen molar-refractivity contribution in [2.24, 2.45) is 0 Å². The van der Waals surface area contributed by atoms with Crippen LogP contribution in [0.2, 0.25) is 0 Å². The molecule has 1 fully saturated rings. The Morgan fingerprint density at radius 2 is 2.04 bits per heavy atom. The molecule has 0 N–H and O–H groups in total. The molecule has 6 nitrogen and oxygen atoms in total. The monoisotopic (exact) mass is 378 g/mol. The van der Waals surface area contributed by atoms with Crippen LogP contribution in [0.5, 0.6) is 0 Å². The number of thioether (sulfide) groups is 1. The van der Waals surface area contributed by atoms with Gasteiger partial charge in [-0.05, 0) is 19.4 Å². The van der Waals surface area contributed by atoms with Crippen LogP contribution in [0.4, 0.5) is 0 Å². The highest BCUT2D eigenvalue weighted by molar-refractivity contribution is 7.99. The van der Waals surface area contributed by atoms with Crippen molar-refractivity contribution in [2.75, 3.05) is 17.3 Å². The largest absolute Gasteiger partial charge is 0.461 e. The van der Waals surface area contributed by atoms with E-state index in [1.54, 1.807) is 0 Å². The first-order valence-electron chi connectivity index (χ1n) is 7.85. The molecule has 2 aromatic rings. The second kappa shape index (κ2) is 7.53. The van der Waals surface area contributed by atoms with E-state index in [1.165, 1.54) is 11.8 Å². The van der Waals surface area contributed by atoms with Crippen LogP contribution in [0.1, 0.15) is 12.1 Å². The quantitative estimate of drug-likeness (QED) is 0.448. The van der Waals surface area contributed by atoms with Gasteiger partial charge in [-0.3, -0.25) is 4.79 Å². The summed E-state index contributed by atoms with van der Waals surface area (Å²) in [5.41, 5.74) is 2.59. The normalized spacial score (nSPS) is 18.8. The van der Waals surface area contributed by atoms with Gasteiger partial charge in [0.25, 0.3) is 0 Å². The van der Waals surface area contributed by atoms with Gasteiger partial charge in [0.1, 0.15) is 6.10 Å². The predicted octanol–water partition coefficient (Wildman–Crippen LogP) is 2.27. The number of carbonyl (C=O) groups excluding carboxylic acids is 1. The molecule has 1 aromatic carbocycles. The van der Waals surface area contributed by atoms with Gasteiger partial charge < -0.3 is 4.74 Å². The van der Waals surface area contributed by atoms with Crippen molar-refractivity contribution in [3.05, 3.63) is 42.1 Å². The first kappa shape index (κ1) is 17.9. The van der Waals surface area contributed by atoms with E-state index in [0.717, 1.165) is 17.0 Å². The lowest BCUT2D eigenvalue weighted by Gasteiger charge is -2.10. The number of hydrogen-bond donors (Lipinski definition) is 0. The third-order valence-electron chi connectivity index (χ3n) is 3.71. The number of esters is 1. The Balaban J connectivity index is 1.61. The number of ether oxygens (including phenoxy) is 1. The van der Waals surface area contributed by atoms with Crippen LogP contribution in [0.15, 0.2) is 41.6 Å². The summed E-state index contributed by atoms with van der Waals surface area (Å²) in [4.78, 5) is 20.7. The molecule has 1 saturated heterocycles. The van der Waals surface area contributed by atoms with E-state index >= 15 is 0 Å². The summed E-state index contributed by atoms with van der Waals surface area (Å²) in [6.07, 6.45) is -0.158. The molecule has 1 aromatic heterocycles. The molecule has 0 amide bonds. The summed E-state index contributed by atoms with van der Waals surface area (Å²) >= 11 is 1.19. The number of benzene rings is 1. The van der Waals surface area contributed by atoms with Crippen molar-refractivity contribution < 1.29 is 17.9 Å². The van der Waals surface area contributed by atoms with Crippen molar-refractivity contribution in [3.8, 4) is 11.3 Å². The Labute approximate surface area is 151 Å². The first-order chi connectivity index (χ1) is 11.9. The van der Waals surface area contributed by atoms with Gasteiger partial charge in [0, 0.05) is 11.3 Å². The van der Waals surface area contributed by atoms with Gasteiger partial charge in [-0.15, -0.1) is 0 Å². The van der Waals surface area contributed by atoms with E-state index in [-0.39, 0.29) is 17.3 Å². The fraction of sp³-hybridized carbons (Fsp3) is 0.353. The molecular formula is C17H18N2O4S2. The van der Waals surface area contributed by atoms with Gasteiger partial charge in [-0.25, -0.2) is 18.4 Å². The van der Waals surface area contributed by atoms with Crippen molar-refractivity contribution >= 4 is 27.6 Å². The fourth-order valence-electron chi connectivity index (χ4n) is 2.56. The summed E-state index contributed by atoms with van der Waals surface area (Å²) < 4.78 is 28.0. The SMILES string of the molecule is Cc1cc(-c2ccccc2)nc(SCC(=O)O[C@H]2CCS(=O)(=O)C2)n1. The van der Waals surface area contributed by atoms with Crippen molar-refractivity contribution in [1.82, 2.24) is 9.97 Å². The van der Waals surface area contributed by atoms with E-state index in [2.05, 4.69) is 9.97 Å². The summed E-state index contributed by atoms with van der Waals surface area (Å²) in [6.45, 7) is 1.87. The molecule has 1 atom stereocenters. The van der Waals surface area contributed by atoms with Gasteiger partial charge >= 0.3 is 5.97 Å². The summed E-state index contributed by atoms with van der Waals surface area (Å²) in [6, 6.07) is 11.6. The van der Waals surface area contributed by atoms with Gasteiger partial charge in [-0.2, -0.15) is 0 Å². The van der Waals surface area contributed by atoms with Crippen LogP contribution in [0.25, 0.3) is 11.3 Å². The maximum absolute atomic E-state index is 11.9. The lowest BCUT2D eigenvalue weighted by molar-refractivity contribution is -0.144. The first-order valence-corrected chi connectivity index (χ1v) is 10.7. The lowest BCUT2D eigenvalue weighted by Crippen LogP contribution is -2.20. The number of aryl methyl sites for hydroxylation is 1. The Hall–Kier alpha value is -1.93. The van der Waals surface area contributed by atoms with E-state index in [4.69, 9.17) is 4.74 Å². The average Bonchev–Trinajstić information content (AvgIpc) is 2.92. The molecule has 0 aliphatic carbocycles. The molecule has 1 aliphatic heterocycles. The Morgan fingerprint density at radius 3 is 2.72 bits per heavy atom. The standard InChI is InChI=1S/C17H18N2O4S2/c1-12-9-15(13-5-3-2-4-6-13)19-17(18-12)24-10-16(20)23-14-7-8-25(21,22)11-14/h2-6,9,14H,7-8,10-11H2,1H3/t14-/m0/s1. The molecule has 8 heteroatoms. The predicted molar refractivity (Wildman–Crippen MR) is 96.1 cm³/mol. The zero-order valence-corrected chi connectivity index (χ0v) is 15.3. The van der Waals surface area contributed by atoms with Gasteiger partial charge in [-0.1, -0.05) is 42.1 Å². The second-order valence-corrected chi connectivity index (χ2v) is 9.02. The number of sulfone groups is 1. The second-order valence-electron chi connectivity index (χ2n) is 5.85. The maximum Gasteiger partial charge on any atom is 0.316 e. The number of hydrogen-bond acceptors (Lipinski definition) is 7. The zero-order chi connectivity index (χ0) is 17.9. The van der Waals surface area contributed by atoms with Gasteiger partial charge in [0.2, 0.25) is 0 Å². The van der Waals surface area contributed by atoms with Crippen LogP contribution < -0.4 is 0 Å². The molecule has 132 valence electrons. The van der Waals surface area contributed by atoms with Crippen molar-refractivity contribution in [2.45, 2.75) is 24.6 Å². The van der Waals surface area contributed by atoms with E-state index in [9.17, 15) is 13.2 Å². The molecule has 0 radical (unpaired) electrons. The third-order valence-corrected chi connectivity index (χ3v) is 6.27. The number of carbonyl (C=O) groups is 1. The van der Waals surface area contributed by atoms with Crippen molar-refractivity contribution in [3.63, 3.8) is 0 Å². The number of nitrogens with zero attached hydrogens (tertiary/aromatic N) is 2. The molecule has 1 aliphatic rings. The Bertz CT molecular complexity index is 869. The van der Waals surface area contributed by atoms with E-state index < -0.39 is 21.9 Å². The minimum absolute atomic E-state index is 0.0498. The Kier molecular flexibility index (Phi) is 5.39. The lowest BCUT2D eigenvalue weighted by atomic mass is 10.1. The molecule has 25 heavy (non-hydrogen) atoms. The average molecular weight is 378 g/mol. The highest BCUT2D eigenvalue weighted by Gasteiger charge is 2.30. The zero-order valence-electron chi connectivity index (χ0n) is 13.7. The van der Waals surface area contributed by atoms with E-state index in [0.29, 0.717) is 11.6 Å². The van der Waals surface area contributed by atoms with Gasteiger partial charge in [0.05, 0.1) is 23.0 Å². The van der Waals surface area contributed by atoms with Crippen molar-refractivity contribution in [1.29, 1.82) is 0 Å². The molecule has 0 bridgehead atoms. The molecule has 0 unspecified atom stereocenters.